The molecule has 0 heterocycles. The Morgan fingerprint density at radius 3 is 2.60 bits per heavy atom. The molecule has 0 amide bonds. The Hall–Kier alpha value is -1.55. The van der Waals surface area contributed by atoms with E-state index in [1.54, 1.807) is 6.07 Å². The van der Waals surface area contributed by atoms with Gasteiger partial charge in [-0.25, -0.2) is 8.42 Å². The SMILES string of the molecule is CC(=O)OCCNC=C(C#N)S(C)(=O)=O. The Balaban J connectivity index is 4.07. The summed E-state index contributed by atoms with van der Waals surface area (Å²) in [6, 6.07) is 1.54. The molecule has 0 fully saturated rings. The van der Waals surface area contributed by atoms with Crippen molar-refractivity contribution in [1.82, 2.24) is 5.32 Å². The lowest BCUT2D eigenvalue weighted by Crippen LogP contribution is -2.17. The van der Waals surface area contributed by atoms with Crippen molar-refractivity contribution in [2.45, 2.75) is 6.92 Å². The predicted molar refractivity (Wildman–Crippen MR) is 53.2 cm³/mol. The number of nitrogens with one attached hydrogen (secondary N) is 1. The van der Waals surface area contributed by atoms with Crippen molar-refractivity contribution in [2.75, 3.05) is 19.4 Å². The van der Waals surface area contributed by atoms with Crippen LogP contribution in [0.3, 0.4) is 0 Å². The second-order valence-electron chi connectivity index (χ2n) is 2.69. The zero-order chi connectivity index (χ0) is 11.9. The molecule has 15 heavy (non-hydrogen) atoms. The van der Waals surface area contributed by atoms with E-state index in [4.69, 9.17) is 5.26 Å². The zero-order valence-corrected chi connectivity index (χ0v) is 9.30. The first-order chi connectivity index (χ1) is 6.88. The molecular weight excluding hydrogens is 220 g/mol. The molecule has 0 unspecified atom stereocenters. The Bertz CT molecular complexity index is 391. The van der Waals surface area contributed by atoms with Crippen molar-refractivity contribution in [3.8, 4) is 6.07 Å². The third-order valence-electron chi connectivity index (χ3n) is 1.29. The quantitative estimate of drug-likeness (QED) is 0.392. The molecular formula is C8H12N2O4S. The smallest absolute Gasteiger partial charge is 0.302 e. The molecule has 0 aliphatic rings. The van der Waals surface area contributed by atoms with Gasteiger partial charge in [-0.3, -0.25) is 4.79 Å². The number of rotatable bonds is 5. The van der Waals surface area contributed by atoms with E-state index in [-0.39, 0.29) is 18.1 Å². The molecule has 0 aliphatic carbocycles. The molecule has 6 nitrogen and oxygen atoms in total. The van der Waals surface area contributed by atoms with Crippen molar-refractivity contribution in [3.63, 3.8) is 0 Å². The van der Waals surface area contributed by atoms with Gasteiger partial charge in [-0.2, -0.15) is 5.26 Å². The maximum atomic E-state index is 10.9. The minimum Gasteiger partial charge on any atom is -0.464 e. The molecule has 0 radical (unpaired) electrons. The van der Waals surface area contributed by atoms with Gasteiger partial charge in [0, 0.05) is 25.9 Å². The van der Waals surface area contributed by atoms with Crippen LogP contribution in [0, 0.1) is 11.3 Å². The first-order valence-electron chi connectivity index (χ1n) is 4.05. The third-order valence-corrected chi connectivity index (χ3v) is 2.30. The fourth-order valence-corrected chi connectivity index (χ4v) is 1.10. The van der Waals surface area contributed by atoms with E-state index in [0.29, 0.717) is 0 Å². The summed E-state index contributed by atoms with van der Waals surface area (Å²) in [6.45, 7) is 1.64. The zero-order valence-electron chi connectivity index (χ0n) is 8.48. The minimum atomic E-state index is -3.49. The lowest BCUT2D eigenvalue weighted by molar-refractivity contribution is -0.140. The molecule has 7 heteroatoms. The second kappa shape index (κ2) is 6.03. The maximum absolute atomic E-state index is 10.9. The van der Waals surface area contributed by atoms with Crippen molar-refractivity contribution in [2.24, 2.45) is 0 Å². The van der Waals surface area contributed by atoms with Crippen molar-refractivity contribution < 1.29 is 17.9 Å². The molecule has 0 aromatic carbocycles. The van der Waals surface area contributed by atoms with Gasteiger partial charge in [-0.05, 0) is 0 Å². The van der Waals surface area contributed by atoms with E-state index >= 15 is 0 Å². The molecule has 0 spiro atoms. The maximum Gasteiger partial charge on any atom is 0.302 e. The van der Waals surface area contributed by atoms with Gasteiger partial charge in [0.2, 0.25) is 0 Å². The van der Waals surface area contributed by atoms with Gasteiger partial charge >= 0.3 is 5.97 Å². The predicted octanol–water partition coefficient (Wildman–Crippen LogP) is -0.451. The molecule has 0 aromatic heterocycles. The number of carbonyl (C=O) groups excluding carboxylic acids is 1. The van der Waals surface area contributed by atoms with Gasteiger partial charge in [0.1, 0.15) is 12.7 Å². The van der Waals surface area contributed by atoms with Crippen molar-refractivity contribution in [3.05, 3.63) is 11.1 Å². The second-order valence-corrected chi connectivity index (χ2v) is 4.67. The molecule has 0 atom stereocenters. The number of carbonyl (C=O) groups is 1. The van der Waals surface area contributed by atoms with Crippen LogP contribution in [-0.4, -0.2) is 33.8 Å². The Morgan fingerprint density at radius 1 is 1.60 bits per heavy atom. The van der Waals surface area contributed by atoms with Crippen molar-refractivity contribution in [1.29, 1.82) is 5.26 Å². The van der Waals surface area contributed by atoms with Gasteiger partial charge in [-0.1, -0.05) is 0 Å². The van der Waals surface area contributed by atoms with Gasteiger partial charge < -0.3 is 10.1 Å². The third kappa shape index (κ3) is 6.51. The number of hydrogen-bond donors (Lipinski definition) is 1. The van der Waals surface area contributed by atoms with Crippen LogP contribution in [0.25, 0.3) is 0 Å². The molecule has 0 bridgehead atoms. The average Bonchev–Trinajstić information content (AvgIpc) is 2.08. The fraction of sp³-hybridized carbons (Fsp3) is 0.500. The largest absolute Gasteiger partial charge is 0.464 e. The number of nitriles is 1. The van der Waals surface area contributed by atoms with Crippen LogP contribution >= 0.6 is 0 Å². The highest BCUT2D eigenvalue weighted by Gasteiger charge is 2.09. The minimum absolute atomic E-state index is 0.119. The first kappa shape index (κ1) is 13.4. The molecule has 0 aromatic rings. The summed E-state index contributed by atoms with van der Waals surface area (Å²) in [5.74, 6) is -0.413. The number of nitrogens with zero attached hydrogens (tertiary/aromatic N) is 1. The van der Waals surface area contributed by atoms with Gasteiger partial charge in [0.15, 0.2) is 14.7 Å². The normalized spacial score (nSPS) is 11.7. The van der Waals surface area contributed by atoms with E-state index in [1.807, 2.05) is 0 Å². The summed E-state index contributed by atoms with van der Waals surface area (Å²) in [6.07, 6.45) is 2.02. The van der Waals surface area contributed by atoms with E-state index < -0.39 is 15.8 Å². The summed E-state index contributed by atoms with van der Waals surface area (Å²) in [7, 11) is -3.49. The standard InChI is InChI=1S/C8H12N2O4S/c1-7(11)14-4-3-10-6-8(5-9)15(2,12)13/h6,10H,3-4H2,1-2H3. The van der Waals surface area contributed by atoms with Gasteiger partial charge in [-0.15, -0.1) is 0 Å². The van der Waals surface area contributed by atoms with Crippen LogP contribution in [-0.2, 0) is 19.4 Å². The highest BCUT2D eigenvalue weighted by atomic mass is 32.2. The summed E-state index contributed by atoms with van der Waals surface area (Å²) in [4.78, 5) is 9.99. The summed E-state index contributed by atoms with van der Waals surface area (Å²) in [5, 5.41) is 11.0. The Morgan fingerprint density at radius 2 is 2.20 bits per heavy atom. The fourth-order valence-electron chi connectivity index (χ4n) is 0.641. The number of hydrogen-bond acceptors (Lipinski definition) is 6. The van der Waals surface area contributed by atoms with Crippen LogP contribution in [0.1, 0.15) is 6.92 Å². The van der Waals surface area contributed by atoms with Crippen LogP contribution in [0.2, 0.25) is 0 Å². The molecule has 0 rings (SSSR count). The van der Waals surface area contributed by atoms with Gasteiger partial charge in [0.25, 0.3) is 0 Å². The van der Waals surface area contributed by atoms with Crippen LogP contribution in [0.5, 0.6) is 0 Å². The number of ether oxygens (including phenoxy) is 1. The van der Waals surface area contributed by atoms with E-state index in [0.717, 1.165) is 12.5 Å². The molecule has 1 N–H and O–H groups in total. The molecule has 84 valence electrons. The number of esters is 1. The molecule has 0 saturated heterocycles. The van der Waals surface area contributed by atoms with E-state index in [1.165, 1.54) is 6.92 Å². The van der Waals surface area contributed by atoms with Crippen LogP contribution in [0.4, 0.5) is 0 Å². The number of allylic oxidation sites excluding steroid dienone is 1. The highest BCUT2D eigenvalue weighted by Crippen LogP contribution is 1.99. The Kier molecular flexibility index (Phi) is 5.41. The molecule has 0 aliphatic heterocycles. The summed E-state index contributed by atoms with van der Waals surface area (Å²) in [5.41, 5.74) is 0. The summed E-state index contributed by atoms with van der Waals surface area (Å²) < 4.78 is 26.4. The topological polar surface area (TPSA) is 96.3 Å². The van der Waals surface area contributed by atoms with Crippen LogP contribution in [0.15, 0.2) is 11.1 Å². The summed E-state index contributed by atoms with van der Waals surface area (Å²) >= 11 is 0. The highest BCUT2D eigenvalue weighted by molar-refractivity contribution is 7.94. The monoisotopic (exact) mass is 232 g/mol. The average molecular weight is 232 g/mol. The van der Waals surface area contributed by atoms with Crippen molar-refractivity contribution >= 4 is 15.8 Å². The molecule has 0 saturated carbocycles. The first-order valence-corrected chi connectivity index (χ1v) is 5.94. The van der Waals surface area contributed by atoms with Gasteiger partial charge in [0.05, 0.1) is 0 Å². The van der Waals surface area contributed by atoms with E-state index in [9.17, 15) is 13.2 Å². The lowest BCUT2D eigenvalue weighted by Gasteiger charge is -2.01. The van der Waals surface area contributed by atoms with E-state index in [2.05, 4.69) is 10.1 Å². The Labute approximate surface area is 88.4 Å². The number of sulfone groups is 1. The lowest BCUT2D eigenvalue weighted by atomic mass is 10.6. The van der Waals surface area contributed by atoms with Crippen LogP contribution < -0.4 is 5.32 Å².